The van der Waals surface area contributed by atoms with Crippen LogP contribution in [0.25, 0.3) is 11.4 Å². The van der Waals surface area contributed by atoms with Crippen LogP contribution >= 0.6 is 0 Å². The zero-order valence-electron chi connectivity index (χ0n) is 15.5. The molecule has 0 bridgehead atoms. The summed E-state index contributed by atoms with van der Waals surface area (Å²) in [6.07, 6.45) is 2.92. The van der Waals surface area contributed by atoms with Crippen LogP contribution in [0.3, 0.4) is 0 Å². The molecule has 27 heavy (non-hydrogen) atoms. The van der Waals surface area contributed by atoms with E-state index in [0.717, 1.165) is 5.56 Å². The SMILES string of the molecule is CC(C)[C@H]1c2nc(-c3ccccc3)nn2CCN1S(=O)(=O)c1cnn(C)c1. The van der Waals surface area contributed by atoms with E-state index in [2.05, 4.69) is 10.2 Å². The fourth-order valence-corrected chi connectivity index (χ4v) is 5.17. The van der Waals surface area contributed by atoms with Crippen molar-refractivity contribution in [1.82, 2.24) is 28.9 Å². The molecule has 1 aliphatic heterocycles. The highest BCUT2D eigenvalue weighted by Crippen LogP contribution is 2.36. The molecule has 0 fully saturated rings. The fourth-order valence-electron chi connectivity index (χ4n) is 3.48. The van der Waals surface area contributed by atoms with E-state index in [4.69, 9.17) is 4.98 Å². The Hall–Kier alpha value is -2.52. The number of rotatable bonds is 4. The molecule has 0 saturated carbocycles. The van der Waals surface area contributed by atoms with Gasteiger partial charge in [0.1, 0.15) is 10.7 Å². The van der Waals surface area contributed by atoms with E-state index >= 15 is 0 Å². The molecule has 0 amide bonds. The monoisotopic (exact) mass is 386 g/mol. The predicted octanol–water partition coefficient (Wildman–Crippen LogP) is 2.08. The van der Waals surface area contributed by atoms with Crippen molar-refractivity contribution < 1.29 is 8.42 Å². The van der Waals surface area contributed by atoms with Crippen molar-refractivity contribution in [2.75, 3.05) is 6.54 Å². The Bertz CT molecular complexity index is 1050. The third-order valence-corrected chi connectivity index (χ3v) is 6.59. The Kier molecular flexibility index (Phi) is 4.35. The summed E-state index contributed by atoms with van der Waals surface area (Å²) in [6, 6.07) is 9.35. The van der Waals surface area contributed by atoms with Crippen LogP contribution in [0.1, 0.15) is 25.7 Å². The van der Waals surface area contributed by atoms with Crippen LogP contribution in [-0.4, -0.2) is 43.8 Å². The molecule has 0 N–H and O–H groups in total. The number of nitrogens with zero attached hydrogens (tertiary/aromatic N) is 6. The second kappa shape index (κ2) is 6.58. The molecular weight excluding hydrogens is 364 g/mol. The Labute approximate surface area is 158 Å². The highest BCUT2D eigenvalue weighted by molar-refractivity contribution is 7.89. The first-order valence-electron chi connectivity index (χ1n) is 8.88. The van der Waals surface area contributed by atoms with Gasteiger partial charge in [-0.25, -0.2) is 18.1 Å². The van der Waals surface area contributed by atoms with Gasteiger partial charge in [0, 0.05) is 25.4 Å². The van der Waals surface area contributed by atoms with Crippen LogP contribution in [0.5, 0.6) is 0 Å². The molecule has 142 valence electrons. The largest absolute Gasteiger partial charge is 0.274 e. The third kappa shape index (κ3) is 3.06. The molecule has 3 aromatic rings. The molecule has 0 spiro atoms. The smallest absolute Gasteiger partial charge is 0.246 e. The van der Waals surface area contributed by atoms with Gasteiger partial charge in [-0.3, -0.25) is 4.68 Å². The van der Waals surface area contributed by atoms with Crippen molar-refractivity contribution in [3.05, 3.63) is 48.5 Å². The second-order valence-electron chi connectivity index (χ2n) is 7.04. The summed E-state index contributed by atoms with van der Waals surface area (Å²) in [7, 11) is -1.96. The van der Waals surface area contributed by atoms with E-state index in [9.17, 15) is 8.42 Å². The predicted molar refractivity (Wildman–Crippen MR) is 100 cm³/mol. The van der Waals surface area contributed by atoms with E-state index in [0.29, 0.717) is 24.7 Å². The molecule has 4 rings (SSSR count). The van der Waals surface area contributed by atoms with Crippen molar-refractivity contribution in [3.63, 3.8) is 0 Å². The molecule has 2 aromatic heterocycles. The minimum Gasteiger partial charge on any atom is -0.274 e. The standard InChI is InChI=1S/C18H22N6O2S/c1-13(2)16-18-20-17(14-7-5-4-6-8-14)21-23(18)9-10-24(16)27(25,26)15-11-19-22(3)12-15/h4-8,11-13,16H,9-10H2,1-3H3/t16-/m0/s1. The lowest BCUT2D eigenvalue weighted by Gasteiger charge is -2.36. The van der Waals surface area contributed by atoms with Crippen LogP contribution in [0, 0.1) is 5.92 Å². The molecule has 1 aliphatic rings. The number of benzene rings is 1. The Morgan fingerprint density at radius 3 is 2.52 bits per heavy atom. The molecule has 0 unspecified atom stereocenters. The van der Waals surface area contributed by atoms with Crippen LogP contribution in [0.4, 0.5) is 0 Å². The molecular formula is C18H22N6O2S. The first-order chi connectivity index (χ1) is 12.9. The van der Waals surface area contributed by atoms with Gasteiger partial charge >= 0.3 is 0 Å². The molecule has 0 saturated heterocycles. The minimum atomic E-state index is -3.66. The molecule has 1 aromatic carbocycles. The Balaban J connectivity index is 1.77. The lowest BCUT2D eigenvalue weighted by molar-refractivity contribution is 0.202. The number of aryl methyl sites for hydroxylation is 1. The van der Waals surface area contributed by atoms with Gasteiger partial charge in [-0.2, -0.15) is 14.5 Å². The summed E-state index contributed by atoms with van der Waals surface area (Å²) in [5.74, 6) is 1.35. The first-order valence-corrected chi connectivity index (χ1v) is 10.3. The lowest BCUT2D eigenvalue weighted by Crippen LogP contribution is -2.44. The summed E-state index contributed by atoms with van der Waals surface area (Å²) in [5.41, 5.74) is 0.920. The van der Waals surface area contributed by atoms with Crippen LogP contribution in [0.2, 0.25) is 0 Å². The zero-order valence-corrected chi connectivity index (χ0v) is 16.3. The van der Waals surface area contributed by atoms with E-state index in [1.165, 1.54) is 21.4 Å². The van der Waals surface area contributed by atoms with Gasteiger partial charge < -0.3 is 0 Å². The van der Waals surface area contributed by atoms with Crippen molar-refractivity contribution >= 4 is 10.0 Å². The average molecular weight is 386 g/mol. The molecule has 1 atom stereocenters. The van der Waals surface area contributed by atoms with Gasteiger partial charge in [0.2, 0.25) is 10.0 Å². The quantitative estimate of drug-likeness (QED) is 0.685. The van der Waals surface area contributed by atoms with E-state index in [-0.39, 0.29) is 16.9 Å². The summed E-state index contributed by atoms with van der Waals surface area (Å²) < 4.78 is 31.3. The molecule has 8 nitrogen and oxygen atoms in total. The lowest BCUT2D eigenvalue weighted by atomic mass is 10.0. The molecule has 9 heteroatoms. The summed E-state index contributed by atoms with van der Waals surface area (Å²) in [5, 5.41) is 8.63. The highest BCUT2D eigenvalue weighted by atomic mass is 32.2. The van der Waals surface area contributed by atoms with Gasteiger partial charge in [0.25, 0.3) is 0 Å². The normalized spacial score (nSPS) is 18.0. The molecule has 3 heterocycles. The second-order valence-corrected chi connectivity index (χ2v) is 8.93. The Morgan fingerprint density at radius 1 is 1.15 bits per heavy atom. The molecule has 0 radical (unpaired) electrons. The van der Waals surface area contributed by atoms with Crippen LogP contribution in [-0.2, 0) is 23.6 Å². The Morgan fingerprint density at radius 2 is 1.89 bits per heavy atom. The fraction of sp³-hybridized carbons (Fsp3) is 0.389. The number of sulfonamides is 1. The topological polar surface area (TPSA) is 85.9 Å². The van der Waals surface area contributed by atoms with Crippen molar-refractivity contribution in [1.29, 1.82) is 0 Å². The molecule has 0 aliphatic carbocycles. The first kappa shape index (κ1) is 17.9. The van der Waals surface area contributed by atoms with Gasteiger partial charge in [-0.15, -0.1) is 0 Å². The maximum absolute atomic E-state index is 13.2. The minimum absolute atomic E-state index is 0.0447. The zero-order chi connectivity index (χ0) is 19.2. The number of fused-ring (bicyclic) bond motifs is 1. The van der Waals surface area contributed by atoms with Gasteiger partial charge in [-0.05, 0) is 5.92 Å². The summed E-state index contributed by atoms with van der Waals surface area (Å²) >= 11 is 0. The van der Waals surface area contributed by atoms with Gasteiger partial charge in [0.15, 0.2) is 5.82 Å². The summed E-state index contributed by atoms with van der Waals surface area (Å²) in [4.78, 5) is 4.91. The van der Waals surface area contributed by atoms with Crippen molar-refractivity contribution in [2.24, 2.45) is 13.0 Å². The highest BCUT2D eigenvalue weighted by Gasteiger charge is 2.40. The van der Waals surface area contributed by atoms with E-state index < -0.39 is 10.0 Å². The van der Waals surface area contributed by atoms with Gasteiger partial charge in [-0.1, -0.05) is 44.2 Å². The number of aromatic nitrogens is 5. The van der Waals surface area contributed by atoms with Crippen molar-refractivity contribution in [3.8, 4) is 11.4 Å². The maximum atomic E-state index is 13.2. The maximum Gasteiger partial charge on any atom is 0.246 e. The number of hydrogen-bond acceptors (Lipinski definition) is 5. The average Bonchev–Trinajstić information content (AvgIpc) is 3.27. The van der Waals surface area contributed by atoms with E-state index in [1.54, 1.807) is 7.05 Å². The summed E-state index contributed by atoms with van der Waals surface area (Å²) in [6.45, 7) is 4.83. The van der Waals surface area contributed by atoms with E-state index in [1.807, 2.05) is 48.9 Å². The van der Waals surface area contributed by atoms with Crippen LogP contribution < -0.4 is 0 Å². The van der Waals surface area contributed by atoms with Crippen molar-refractivity contribution in [2.45, 2.75) is 31.3 Å². The third-order valence-electron chi connectivity index (χ3n) is 4.76. The van der Waals surface area contributed by atoms with Crippen LogP contribution in [0.15, 0.2) is 47.6 Å². The number of hydrogen-bond donors (Lipinski definition) is 0. The van der Waals surface area contributed by atoms with Gasteiger partial charge in [0.05, 0.1) is 18.8 Å².